The lowest BCUT2D eigenvalue weighted by Crippen LogP contribution is -2.56. The summed E-state index contributed by atoms with van der Waals surface area (Å²) in [5.41, 5.74) is 5.88. The highest BCUT2D eigenvalue weighted by Crippen LogP contribution is 2.45. The Morgan fingerprint density at radius 1 is 1.16 bits per heavy atom. The van der Waals surface area contributed by atoms with Crippen molar-refractivity contribution < 1.29 is 23.8 Å². The van der Waals surface area contributed by atoms with Gasteiger partial charge in [-0.05, 0) is 55.2 Å². The topological polar surface area (TPSA) is 91.2 Å². The molecule has 0 unspecified atom stereocenters. The molecule has 4 atom stereocenters. The highest BCUT2D eigenvalue weighted by molar-refractivity contribution is 5.97. The van der Waals surface area contributed by atoms with Crippen LogP contribution in [0.1, 0.15) is 41.2 Å². The number of aromatic amines is 1. The van der Waals surface area contributed by atoms with E-state index in [-0.39, 0.29) is 30.7 Å². The summed E-state index contributed by atoms with van der Waals surface area (Å²) in [6.07, 6.45) is 2.66. The molecular formula is C30H31N3O5. The lowest BCUT2D eigenvalue weighted by Gasteiger charge is -2.49. The van der Waals surface area contributed by atoms with E-state index >= 15 is 0 Å². The van der Waals surface area contributed by atoms with Gasteiger partial charge in [-0.3, -0.25) is 9.69 Å². The summed E-state index contributed by atoms with van der Waals surface area (Å²) in [5.74, 6) is 1.66. The number of aliphatic hydroxyl groups is 1. The molecule has 0 saturated carbocycles. The van der Waals surface area contributed by atoms with Crippen LogP contribution in [0.15, 0.2) is 59.2 Å². The number of nitrogens with one attached hydrogen (secondary N) is 1. The molecule has 1 fully saturated rings. The van der Waals surface area contributed by atoms with Crippen LogP contribution in [0.3, 0.4) is 0 Å². The van der Waals surface area contributed by atoms with Gasteiger partial charge >= 0.3 is 0 Å². The van der Waals surface area contributed by atoms with Crippen LogP contribution >= 0.6 is 0 Å². The summed E-state index contributed by atoms with van der Waals surface area (Å²) in [6, 6.07) is 16.0. The molecule has 8 heteroatoms. The molecule has 2 aromatic heterocycles. The van der Waals surface area contributed by atoms with Gasteiger partial charge in [0.25, 0.3) is 5.91 Å². The molecule has 2 N–H and O–H groups in total. The number of amides is 1. The van der Waals surface area contributed by atoms with E-state index in [2.05, 4.69) is 34.1 Å². The fraction of sp³-hybridized carbons (Fsp3) is 0.367. The number of carbonyl (C=O) groups is 1. The summed E-state index contributed by atoms with van der Waals surface area (Å²) in [5, 5.41) is 12.0. The maximum absolute atomic E-state index is 13.2. The number of carbonyl (C=O) groups excluding carboxylic acids is 1. The molecule has 1 amide bonds. The fourth-order valence-corrected chi connectivity index (χ4v) is 6.67. The van der Waals surface area contributed by atoms with Crippen LogP contribution in [0.2, 0.25) is 0 Å². The zero-order chi connectivity index (χ0) is 26.0. The van der Waals surface area contributed by atoms with Crippen molar-refractivity contribution in [3.05, 3.63) is 71.8 Å². The number of hydrogen-bond acceptors (Lipinski definition) is 6. The van der Waals surface area contributed by atoms with E-state index < -0.39 is 6.10 Å². The molecule has 7 rings (SSSR count). The molecule has 5 heterocycles. The summed E-state index contributed by atoms with van der Waals surface area (Å²) in [6.45, 7) is 3.74. The Hall–Kier alpha value is -3.75. The van der Waals surface area contributed by atoms with Crippen molar-refractivity contribution in [3.8, 4) is 22.6 Å². The number of rotatable bonds is 4. The minimum absolute atomic E-state index is 0.0507. The van der Waals surface area contributed by atoms with Crippen LogP contribution in [-0.4, -0.2) is 64.9 Å². The molecule has 1 saturated heterocycles. The number of aliphatic hydroxyl groups excluding tert-OH is 1. The zero-order valence-corrected chi connectivity index (χ0v) is 21.5. The van der Waals surface area contributed by atoms with Crippen molar-refractivity contribution in [3.63, 3.8) is 0 Å². The number of piperidine rings is 1. The van der Waals surface area contributed by atoms with E-state index in [1.165, 1.54) is 22.9 Å². The summed E-state index contributed by atoms with van der Waals surface area (Å²) < 4.78 is 16.5. The van der Waals surface area contributed by atoms with Crippen LogP contribution in [0, 0.1) is 5.92 Å². The van der Waals surface area contributed by atoms with Crippen molar-refractivity contribution in [2.24, 2.45) is 5.92 Å². The van der Waals surface area contributed by atoms with Crippen molar-refractivity contribution >= 4 is 16.8 Å². The minimum Gasteiger partial charge on any atom is -0.459 e. The van der Waals surface area contributed by atoms with Gasteiger partial charge in [-0.15, -0.1) is 0 Å². The van der Waals surface area contributed by atoms with Crippen LogP contribution < -0.4 is 9.47 Å². The second kappa shape index (κ2) is 8.92. The standard InChI is InChI=1S/C30H31N3O5/c1-17(34)22-15-33-11-10-21-20-6-3-5-19(18-8-9-25-27(13-18)38-16-37-25)28(20)31-29(21)24(33)14-23(22)32(2)30(35)26-7-4-12-36-26/h3-9,12-13,17,22-24,31,34H,10-11,14-16H2,1-2H3/t17-,22-,23-,24-/m0/s1. The monoisotopic (exact) mass is 513 g/mol. The maximum Gasteiger partial charge on any atom is 0.289 e. The molecule has 4 aromatic rings. The summed E-state index contributed by atoms with van der Waals surface area (Å²) in [4.78, 5) is 21.3. The average Bonchev–Trinajstić information content (AvgIpc) is 3.70. The van der Waals surface area contributed by atoms with Crippen LogP contribution in [0.4, 0.5) is 0 Å². The minimum atomic E-state index is -0.533. The second-order valence-electron chi connectivity index (χ2n) is 10.7. The Morgan fingerprint density at radius 3 is 2.84 bits per heavy atom. The van der Waals surface area contributed by atoms with Gasteiger partial charge < -0.3 is 28.9 Å². The van der Waals surface area contributed by atoms with Gasteiger partial charge in [0.05, 0.1) is 23.9 Å². The van der Waals surface area contributed by atoms with Crippen molar-refractivity contribution in [1.29, 1.82) is 0 Å². The molecule has 8 nitrogen and oxygen atoms in total. The first-order valence-electron chi connectivity index (χ1n) is 13.3. The van der Waals surface area contributed by atoms with Crippen LogP contribution in [-0.2, 0) is 6.42 Å². The van der Waals surface area contributed by atoms with E-state index in [4.69, 9.17) is 13.9 Å². The summed E-state index contributed by atoms with van der Waals surface area (Å²) in [7, 11) is 1.83. The molecule has 3 aliphatic heterocycles. The fourth-order valence-electron chi connectivity index (χ4n) is 6.67. The van der Waals surface area contributed by atoms with E-state index in [1.54, 1.807) is 17.0 Å². The van der Waals surface area contributed by atoms with Crippen LogP contribution in [0.5, 0.6) is 11.5 Å². The molecule has 3 aliphatic rings. The number of fused-ring (bicyclic) bond motifs is 6. The van der Waals surface area contributed by atoms with Gasteiger partial charge in [-0.25, -0.2) is 0 Å². The zero-order valence-electron chi connectivity index (χ0n) is 21.5. The number of para-hydroxylation sites is 1. The SMILES string of the molecule is C[C@H](O)[C@@H]1CN2CCc3c([nH]c4c(-c5ccc6c(c5)OCO6)cccc34)[C@@H]2C[C@@H]1N(C)C(=O)c1ccco1. The maximum atomic E-state index is 13.2. The molecule has 0 bridgehead atoms. The van der Waals surface area contributed by atoms with E-state index in [1.807, 2.05) is 26.1 Å². The quantitative estimate of drug-likeness (QED) is 0.415. The third-order valence-electron chi connectivity index (χ3n) is 8.65. The smallest absolute Gasteiger partial charge is 0.289 e. The molecular weight excluding hydrogens is 482 g/mol. The Bertz CT molecular complexity index is 1510. The largest absolute Gasteiger partial charge is 0.459 e. The van der Waals surface area contributed by atoms with Crippen molar-refractivity contribution in [2.75, 3.05) is 26.9 Å². The lowest BCUT2D eigenvalue weighted by atomic mass is 9.80. The second-order valence-corrected chi connectivity index (χ2v) is 10.7. The number of furan rings is 1. The number of benzene rings is 2. The van der Waals surface area contributed by atoms with Crippen molar-refractivity contribution in [2.45, 2.75) is 38.0 Å². The predicted molar refractivity (Wildman–Crippen MR) is 142 cm³/mol. The number of ether oxygens (including phenoxy) is 2. The number of aromatic nitrogens is 1. The molecule has 2 aromatic carbocycles. The number of nitrogens with zero attached hydrogens (tertiary/aromatic N) is 2. The van der Waals surface area contributed by atoms with Gasteiger partial charge in [-0.2, -0.15) is 0 Å². The molecule has 38 heavy (non-hydrogen) atoms. The third-order valence-corrected chi connectivity index (χ3v) is 8.65. The molecule has 0 spiro atoms. The van der Waals surface area contributed by atoms with Crippen LogP contribution in [0.25, 0.3) is 22.0 Å². The number of hydrogen-bond donors (Lipinski definition) is 2. The summed E-state index contributed by atoms with van der Waals surface area (Å²) >= 11 is 0. The predicted octanol–water partition coefficient (Wildman–Crippen LogP) is 4.60. The Labute approximate surface area is 220 Å². The average molecular weight is 514 g/mol. The molecule has 0 radical (unpaired) electrons. The normalized spacial score (nSPS) is 23.2. The van der Waals surface area contributed by atoms with E-state index in [0.717, 1.165) is 54.1 Å². The Morgan fingerprint density at radius 2 is 2.03 bits per heavy atom. The highest BCUT2D eigenvalue weighted by Gasteiger charge is 2.44. The van der Waals surface area contributed by atoms with Crippen molar-refractivity contribution in [1.82, 2.24) is 14.8 Å². The first-order valence-corrected chi connectivity index (χ1v) is 13.3. The van der Waals surface area contributed by atoms with Gasteiger partial charge in [0, 0.05) is 48.7 Å². The van der Waals surface area contributed by atoms with Gasteiger partial charge in [0.1, 0.15) is 0 Å². The lowest BCUT2D eigenvalue weighted by molar-refractivity contribution is -0.0245. The van der Waals surface area contributed by atoms with Gasteiger partial charge in [-0.1, -0.05) is 24.3 Å². The number of H-pyrrole nitrogens is 1. The van der Waals surface area contributed by atoms with Gasteiger partial charge in [0.15, 0.2) is 17.3 Å². The first kappa shape index (κ1) is 23.4. The van der Waals surface area contributed by atoms with E-state index in [9.17, 15) is 9.90 Å². The van der Waals surface area contributed by atoms with Gasteiger partial charge in [0.2, 0.25) is 6.79 Å². The third kappa shape index (κ3) is 3.62. The Balaban J connectivity index is 1.27. The first-order chi connectivity index (χ1) is 18.5. The Kier molecular flexibility index (Phi) is 5.49. The molecule has 196 valence electrons. The highest BCUT2D eigenvalue weighted by atomic mass is 16.7. The molecule has 0 aliphatic carbocycles. The van der Waals surface area contributed by atoms with E-state index in [0.29, 0.717) is 5.76 Å².